The molecule has 0 aliphatic carbocycles. The van der Waals surface area contributed by atoms with E-state index in [9.17, 15) is 5.11 Å². The molecule has 2 N–H and O–H groups in total. The fourth-order valence-corrected chi connectivity index (χ4v) is 2.03. The lowest BCUT2D eigenvalue weighted by Crippen LogP contribution is -2.47. The summed E-state index contributed by atoms with van der Waals surface area (Å²) in [5.74, 6) is 0.308. The zero-order chi connectivity index (χ0) is 11.4. The van der Waals surface area contributed by atoms with Crippen LogP contribution < -0.4 is 4.90 Å². The molecule has 0 amide bonds. The summed E-state index contributed by atoms with van der Waals surface area (Å²) in [6.07, 6.45) is 0. The van der Waals surface area contributed by atoms with Crippen LogP contribution in [-0.4, -0.2) is 54.4 Å². The van der Waals surface area contributed by atoms with Crippen LogP contribution in [0.3, 0.4) is 0 Å². The molecule has 1 saturated heterocycles. The molecule has 1 fully saturated rings. The maximum absolute atomic E-state index is 9.21. The van der Waals surface area contributed by atoms with Gasteiger partial charge in [-0.1, -0.05) is 0 Å². The van der Waals surface area contributed by atoms with Crippen LogP contribution in [0, 0.1) is 0 Å². The van der Waals surface area contributed by atoms with E-state index in [0.29, 0.717) is 5.75 Å². The van der Waals surface area contributed by atoms with Crippen LogP contribution in [-0.2, 0) is 0 Å². The number of β-amino-alcohol motifs (C(OH)–C–C–N with tert-alkyl or cyclic N) is 1. The van der Waals surface area contributed by atoms with E-state index in [-0.39, 0.29) is 6.61 Å². The van der Waals surface area contributed by atoms with Crippen molar-refractivity contribution < 1.29 is 10.2 Å². The zero-order valence-corrected chi connectivity index (χ0v) is 9.34. The maximum atomic E-state index is 9.21. The molecule has 16 heavy (non-hydrogen) atoms. The van der Waals surface area contributed by atoms with Gasteiger partial charge in [-0.05, 0) is 24.3 Å². The molecular formula is C12H18N2O2. The average molecular weight is 222 g/mol. The Morgan fingerprint density at radius 3 is 2.19 bits per heavy atom. The first-order valence-corrected chi connectivity index (χ1v) is 5.67. The van der Waals surface area contributed by atoms with E-state index >= 15 is 0 Å². The molecule has 0 atom stereocenters. The second kappa shape index (κ2) is 5.18. The molecule has 4 heteroatoms. The van der Waals surface area contributed by atoms with Gasteiger partial charge < -0.3 is 15.1 Å². The molecule has 1 aliphatic rings. The van der Waals surface area contributed by atoms with Crippen molar-refractivity contribution in [2.24, 2.45) is 0 Å². The van der Waals surface area contributed by atoms with Gasteiger partial charge in [0, 0.05) is 38.4 Å². The fraction of sp³-hybridized carbons (Fsp3) is 0.500. The molecule has 4 nitrogen and oxygen atoms in total. The minimum absolute atomic E-state index is 0.235. The SMILES string of the molecule is OCCN1CCN(c2ccc(O)cc2)CC1. The van der Waals surface area contributed by atoms with Crippen molar-refractivity contribution >= 4 is 5.69 Å². The molecule has 88 valence electrons. The molecule has 0 spiro atoms. The van der Waals surface area contributed by atoms with Crippen molar-refractivity contribution in [3.8, 4) is 5.75 Å². The van der Waals surface area contributed by atoms with Gasteiger partial charge in [0.2, 0.25) is 0 Å². The molecule has 0 bridgehead atoms. The first-order valence-electron chi connectivity index (χ1n) is 5.67. The third-order valence-electron chi connectivity index (χ3n) is 3.00. The number of piperazine rings is 1. The Labute approximate surface area is 95.7 Å². The number of aliphatic hydroxyl groups excluding tert-OH is 1. The van der Waals surface area contributed by atoms with Gasteiger partial charge in [-0.3, -0.25) is 4.90 Å². The highest BCUT2D eigenvalue weighted by Crippen LogP contribution is 2.19. The number of aliphatic hydroxyl groups is 1. The first-order chi connectivity index (χ1) is 7.79. The third-order valence-corrected chi connectivity index (χ3v) is 3.00. The number of hydrogen-bond acceptors (Lipinski definition) is 4. The van der Waals surface area contributed by atoms with Crippen LogP contribution in [0.25, 0.3) is 0 Å². The molecule has 1 aromatic carbocycles. The number of nitrogens with zero attached hydrogens (tertiary/aromatic N) is 2. The van der Waals surface area contributed by atoms with Gasteiger partial charge in [0.05, 0.1) is 6.61 Å². The number of aromatic hydroxyl groups is 1. The molecule has 1 heterocycles. The van der Waals surface area contributed by atoms with Gasteiger partial charge in [-0.15, -0.1) is 0 Å². The Balaban J connectivity index is 1.91. The zero-order valence-electron chi connectivity index (χ0n) is 9.34. The summed E-state index contributed by atoms with van der Waals surface area (Å²) in [6.45, 7) is 4.93. The molecule has 0 unspecified atom stereocenters. The third kappa shape index (κ3) is 2.65. The van der Waals surface area contributed by atoms with Gasteiger partial charge in [-0.25, -0.2) is 0 Å². The lowest BCUT2D eigenvalue weighted by molar-refractivity contribution is 0.189. The highest BCUT2D eigenvalue weighted by Gasteiger charge is 2.16. The Bertz CT molecular complexity index is 318. The van der Waals surface area contributed by atoms with Crippen molar-refractivity contribution in [1.29, 1.82) is 0 Å². The minimum Gasteiger partial charge on any atom is -0.508 e. The minimum atomic E-state index is 0.235. The average Bonchev–Trinajstić information content (AvgIpc) is 2.32. The molecule has 0 saturated carbocycles. The Hall–Kier alpha value is -1.26. The van der Waals surface area contributed by atoms with E-state index in [4.69, 9.17) is 5.11 Å². The predicted octanol–water partition coefficient (Wildman–Crippen LogP) is 0.506. The van der Waals surface area contributed by atoms with E-state index in [2.05, 4.69) is 9.80 Å². The van der Waals surface area contributed by atoms with Crippen molar-refractivity contribution in [2.75, 3.05) is 44.2 Å². The lowest BCUT2D eigenvalue weighted by Gasteiger charge is -2.35. The van der Waals surface area contributed by atoms with Gasteiger partial charge in [0.15, 0.2) is 0 Å². The van der Waals surface area contributed by atoms with Crippen LogP contribution in [0.2, 0.25) is 0 Å². The topological polar surface area (TPSA) is 46.9 Å². The van der Waals surface area contributed by atoms with E-state index < -0.39 is 0 Å². The normalized spacial score (nSPS) is 17.7. The molecule has 0 aromatic heterocycles. The van der Waals surface area contributed by atoms with Crippen molar-refractivity contribution in [3.05, 3.63) is 24.3 Å². The number of anilines is 1. The molecule has 0 radical (unpaired) electrons. The number of phenols is 1. The van der Waals surface area contributed by atoms with E-state index in [0.717, 1.165) is 38.4 Å². The monoisotopic (exact) mass is 222 g/mol. The van der Waals surface area contributed by atoms with E-state index in [1.54, 1.807) is 12.1 Å². The number of hydrogen-bond donors (Lipinski definition) is 2. The van der Waals surface area contributed by atoms with Gasteiger partial charge in [0.1, 0.15) is 5.75 Å². The van der Waals surface area contributed by atoms with Gasteiger partial charge in [-0.2, -0.15) is 0 Å². The fourth-order valence-electron chi connectivity index (χ4n) is 2.03. The smallest absolute Gasteiger partial charge is 0.115 e. The Morgan fingerprint density at radius 1 is 1.00 bits per heavy atom. The summed E-state index contributed by atoms with van der Waals surface area (Å²) in [5, 5.41) is 18.1. The summed E-state index contributed by atoms with van der Waals surface area (Å²) in [5.41, 5.74) is 1.15. The van der Waals surface area contributed by atoms with Crippen molar-refractivity contribution in [1.82, 2.24) is 4.90 Å². The van der Waals surface area contributed by atoms with Gasteiger partial charge >= 0.3 is 0 Å². The largest absolute Gasteiger partial charge is 0.508 e. The summed E-state index contributed by atoms with van der Waals surface area (Å²) in [6, 6.07) is 7.32. The van der Waals surface area contributed by atoms with Crippen molar-refractivity contribution in [2.45, 2.75) is 0 Å². The maximum Gasteiger partial charge on any atom is 0.115 e. The standard InChI is InChI=1S/C12H18N2O2/c15-10-9-13-5-7-14(8-6-13)11-1-3-12(16)4-2-11/h1-4,15-16H,5-10H2. The summed E-state index contributed by atoms with van der Waals surface area (Å²) in [7, 11) is 0. The molecule has 2 rings (SSSR count). The summed E-state index contributed by atoms with van der Waals surface area (Å²) < 4.78 is 0. The quantitative estimate of drug-likeness (QED) is 0.782. The molecular weight excluding hydrogens is 204 g/mol. The predicted molar refractivity (Wildman–Crippen MR) is 63.8 cm³/mol. The van der Waals surface area contributed by atoms with Crippen LogP contribution >= 0.6 is 0 Å². The Morgan fingerprint density at radius 2 is 1.62 bits per heavy atom. The van der Waals surface area contributed by atoms with E-state index in [1.165, 1.54) is 0 Å². The first kappa shape index (κ1) is 11.2. The van der Waals surface area contributed by atoms with Crippen molar-refractivity contribution in [3.63, 3.8) is 0 Å². The second-order valence-corrected chi connectivity index (χ2v) is 4.07. The van der Waals surface area contributed by atoms with E-state index in [1.807, 2.05) is 12.1 Å². The number of rotatable bonds is 3. The van der Waals surface area contributed by atoms with Crippen LogP contribution in [0.4, 0.5) is 5.69 Å². The van der Waals surface area contributed by atoms with Gasteiger partial charge in [0.25, 0.3) is 0 Å². The highest BCUT2D eigenvalue weighted by atomic mass is 16.3. The Kier molecular flexibility index (Phi) is 3.64. The highest BCUT2D eigenvalue weighted by molar-refractivity contribution is 5.49. The lowest BCUT2D eigenvalue weighted by atomic mass is 10.2. The molecule has 1 aromatic rings. The summed E-state index contributed by atoms with van der Waals surface area (Å²) >= 11 is 0. The second-order valence-electron chi connectivity index (χ2n) is 4.07. The van der Waals surface area contributed by atoms with Crippen LogP contribution in [0.1, 0.15) is 0 Å². The number of phenolic OH excluding ortho intramolecular Hbond substituents is 1. The molecule has 1 aliphatic heterocycles. The van der Waals surface area contributed by atoms with Crippen LogP contribution in [0.5, 0.6) is 5.75 Å². The summed E-state index contributed by atoms with van der Waals surface area (Å²) in [4.78, 5) is 4.56. The number of benzene rings is 1. The van der Waals surface area contributed by atoms with Crippen LogP contribution in [0.15, 0.2) is 24.3 Å².